The Morgan fingerprint density at radius 1 is 0.333 bits per heavy atom. The minimum atomic E-state index is 0.607. The van der Waals surface area contributed by atoms with Crippen LogP contribution in [0.1, 0.15) is 0 Å². The molecular formula is C57H35N5O. The van der Waals surface area contributed by atoms with E-state index < -0.39 is 0 Å². The monoisotopic (exact) mass is 805 g/mol. The minimum absolute atomic E-state index is 0.607. The van der Waals surface area contributed by atoms with Gasteiger partial charge in [-0.15, -0.1) is 0 Å². The molecule has 13 rings (SSSR count). The van der Waals surface area contributed by atoms with E-state index in [1.54, 1.807) is 0 Å². The molecule has 6 nitrogen and oxygen atoms in total. The first-order chi connectivity index (χ1) is 31.3. The molecule has 0 aliphatic carbocycles. The highest BCUT2D eigenvalue weighted by atomic mass is 16.3. The standard InChI is InChI=1S/C57H35N5O/c1-5-17-36(18-6-1)55-58-56(37-19-7-2-8-20-37)60-57(59-55)46-27-15-29-48-51(46)44-33-34-45-52-41(26-16-30-50(52)63-54(45)53(44)62(48)40-23-11-4-12-24-40)38-31-32-43-42-25-13-14-28-47(42)61(49(43)35-38)39-21-9-3-10-22-39/h1-35H. The fraction of sp³-hybridized carbons (Fsp3) is 0. The van der Waals surface area contributed by atoms with Crippen molar-refractivity contribution in [2.45, 2.75) is 0 Å². The average Bonchev–Trinajstić information content (AvgIpc) is 4.03. The Hall–Kier alpha value is -8.61. The summed E-state index contributed by atoms with van der Waals surface area (Å²) in [5.74, 6) is 1.85. The number of para-hydroxylation sites is 3. The normalized spacial score (nSPS) is 11.8. The van der Waals surface area contributed by atoms with Crippen LogP contribution in [0.4, 0.5) is 0 Å². The van der Waals surface area contributed by atoms with Crippen molar-refractivity contribution in [2.24, 2.45) is 0 Å². The predicted molar refractivity (Wildman–Crippen MR) is 258 cm³/mol. The first kappa shape index (κ1) is 35.2. The Balaban J connectivity index is 1.08. The van der Waals surface area contributed by atoms with Crippen LogP contribution in [0.25, 0.3) is 122 Å². The van der Waals surface area contributed by atoms with Gasteiger partial charge in [0.15, 0.2) is 23.1 Å². The molecule has 0 bridgehead atoms. The Morgan fingerprint density at radius 2 is 0.873 bits per heavy atom. The molecule has 0 radical (unpaired) electrons. The number of rotatable bonds is 6. The molecule has 4 heterocycles. The SMILES string of the molecule is c1ccc(-c2nc(-c3ccccc3)nc(-c3cccc4c3c3ccc5c(oc6cccc(-c7ccc8c9ccccc9n(-c9ccccc9)c8c7)c65)c3n4-c3ccccc3)n2)cc1. The van der Waals surface area contributed by atoms with Gasteiger partial charge in [0.05, 0.1) is 22.1 Å². The van der Waals surface area contributed by atoms with Crippen LogP contribution in [-0.4, -0.2) is 24.1 Å². The fourth-order valence-electron chi connectivity index (χ4n) is 9.62. The second-order valence-electron chi connectivity index (χ2n) is 15.9. The van der Waals surface area contributed by atoms with E-state index in [-0.39, 0.29) is 0 Å². The number of hydrogen-bond donors (Lipinski definition) is 0. The van der Waals surface area contributed by atoms with Crippen molar-refractivity contribution >= 4 is 65.6 Å². The lowest BCUT2D eigenvalue weighted by Gasteiger charge is -2.10. The molecule has 0 atom stereocenters. The molecule has 9 aromatic carbocycles. The summed E-state index contributed by atoms with van der Waals surface area (Å²) in [6.45, 7) is 0. The van der Waals surface area contributed by atoms with Crippen molar-refractivity contribution in [1.82, 2.24) is 24.1 Å². The Morgan fingerprint density at radius 3 is 1.59 bits per heavy atom. The second kappa shape index (κ2) is 14.0. The summed E-state index contributed by atoms with van der Waals surface area (Å²) in [5.41, 5.74) is 13.2. The summed E-state index contributed by atoms with van der Waals surface area (Å²) in [7, 11) is 0. The lowest BCUT2D eigenvalue weighted by molar-refractivity contribution is 0.671. The van der Waals surface area contributed by atoms with Crippen molar-refractivity contribution < 1.29 is 4.42 Å². The summed E-state index contributed by atoms with van der Waals surface area (Å²) >= 11 is 0. The van der Waals surface area contributed by atoms with E-state index in [1.807, 2.05) is 60.7 Å². The molecule has 0 spiro atoms. The number of benzene rings is 9. The molecule has 0 fully saturated rings. The smallest absolute Gasteiger partial charge is 0.164 e. The number of hydrogen-bond acceptors (Lipinski definition) is 4. The van der Waals surface area contributed by atoms with Crippen LogP contribution in [0.15, 0.2) is 217 Å². The lowest BCUT2D eigenvalue weighted by Crippen LogP contribution is -2.00. The summed E-state index contributed by atoms with van der Waals surface area (Å²) in [5, 5.41) is 6.68. The van der Waals surface area contributed by atoms with E-state index >= 15 is 0 Å². The largest absolute Gasteiger partial charge is 0.454 e. The fourth-order valence-corrected chi connectivity index (χ4v) is 9.62. The van der Waals surface area contributed by atoms with E-state index in [1.165, 1.54) is 16.3 Å². The van der Waals surface area contributed by atoms with Crippen LogP contribution in [0.5, 0.6) is 0 Å². The van der Waals surface area contributed by atoms with E-state index in [0.717, 1.165) is 88.5 Å². The highest BCUT2D eigenvalue weighted by molar-refractivity contribution is 6.25. The molecule has 0 saturated carbocycles. The number of fused-ring (bicyclic) bond motifs is 10. The first-order valence-corrected chi connectivity index (χ1v) is 21.2. The lowest BCUT2D eigenvalue weighted by atomic mass is 9.97. The van der Waals surface area contributed by atoms with Crippen LogP contribution < -0.4 is 0 Å². The van der Waals surface area contributed by atoms with E-state index in [2.05, 4.69) is 161 Å². The molecular weight excluding hydrogens is 771 g/mol. The van der Waals surface area contributed by atoms with Crippen molar-refractivity contribution in [1.29, 1.82) is 0 Å². The number of aromatic nitrogens is 5. The van der Waals surface area contributed by atoms with E-state index in [9.17, 15) is 0 Å². The number of furan rings is 1. The molecule has 0 saturated heterocycles. The zero-order valence-electron chi connectivity index (χ0n) is 33.9. The Kier molecular flexibility index (Phi) is 7.80. The van der Waals surface area contributed by atoms with Crippen LogP contribution in [0, 0.1) is 0 Å². The van der Waals surface area contributed by atoms with Gasteiger partial charge in [0.1, 0.15) is 5.58 Å². The van der Waals surface area contributed by atoms with E-state index in [0.29, 0.717) is 17.5 Å². The van der Waals surface area contributed by atoms with Gasteiger partial charge in [0, 0.05) is 60.4 Å². The molecule has 0 aliphatic rings. The summed E-state index contributed by atoms with van der Waals surface area (Å²) in [6.07, 6.45) is 0. The van der Waals surface area contributed by atoms with Gasteiger partial charge in [0.25, 0.3) is 0 Å². The van der Waals surface area contributed by atoms with Gasteiger partial charge in [-0.3, -0.25) is 0 Å². The third-order valence-corrected chi connectivity index (χ3v) is 12.4. The molecule has 63 heavy (non-hydrogen) atoms. The van der Waals surface area contributed by atoms with Gasteiger partial charge in [-0.25, -0.2) is 15.0 Å². The van der Waals surface area contributed by atoms with E-state index in [4.69, 9.17) is 19.4 Å². The molecule has 6 heteroatoms. The topological polar surface area (TPSA) is 61.7 Å². The minimum Gasteiger partial charge on any atom is -0.454 e. The second-order valence-corrected chi connectivity index (χ2v) is 15.9. The zero-order valence-corrected chi connectivity index (χ0v) is 33.9. The molecule has 4 aromatic heterocycles. The molecule has 294 valence electrons. The highest BCUT2D eigenvalue weighted by Crippen LogP contribution is 2.46. The predicted octanol–water partition coefficient (Wildman–Crippen LogP) is 14.6. The zero-order chi connectivity index (χ0) is 41.4. The summed E-state index contributed by atoms with van der Waals surface area (Å²) in [4.78, 5) is 15.4. The summed E-state index contributed by atoms with van der Waals surface area (Å²) < 4.78 is 11.8. The third kappa shape index (κ3) is 5.48. The quantitative estimate of drug-likeness (QED) is 0.168. The van der Waals surface area contributed by atoms with Crippen molar-refractivity contribution in [3.05, 3.63) is 212 Å². The Bertz CT molecular complexity index is 3830. The number of nitrogens with zero attached hydrogens (tertiary/aromatic N) is 5. The van der Waals surface area contributed by atoms with Gasteiger partial charge in [-0.05, 0) is 65.7 Å². The molecule has 0 aliphatic heterocycles. The average molecular weight is 806 g/mol. The van der Waals surface area contributed by atoms with Crippen LogP contribution in [-0.2, 0) is 0 Å². The maximum Gasteiger partial charge on any atom is 0.164 e. The van der Waals surface area contributed by atoms with Gasteiger partial charge >= 0.3 is 0 Å². The van der Waals surface area contributed by atoms with Gasteiger partial charge < -0.3 is 13.6 Å². The molecule has 0 amide bonds. The van der Waals surface area contributed by atoms with Crippen LogP contribution >= 0.6 is 0 Å². The molecule has 0 N–H and O–H groups in total. The van der Waals surface area contributed by atoms with Crippen molar-refractivity contribution in [3.63, 3.8) is 0 Å². The van der Waals surface area contributed by atoms with Crippen molar-refractivity contribution in [2.75, 3.05) is 0 Å². The van der Waals surface area contributed by atoms with Gasteiger partial charge in [0.2, 0.25) is 0 Å². The molecule has 13 aromatic rings. The van der Waals surface area contributed by atoms with Gasteiger partial charge in [-0.1, -0.05) is 158 Å². The third-order valence-electron chi connectivity index (χ3n) is 12.4. The Labute approximate surface area is 361 Å². The maximum atomic E-state index is 7.08. The highest BCUT2D eigenvalue weighted by Gasteiger charge is 2.24. The van der Waals surface area contributed by atoms with Crippen LogP contribution in [0.2, 0.25) is 0 Å². The maximum absolute atomic E-state index is 7.08. The first-order valence-electron chi connectivity index (χ1n) is 21.2. The van der Waals surface area contributed by atoms with Gasteiger partial charge in [-0.2, -0.15) is 0 Å². The van der Waals surface area contributed by atoms with Crippen molar-refractivity contribution in [3.8, 4) is 56.7 Å². The molecule has 0 unspecified atom stereocenters. The van der Waals surface area contributed by atoms with Crippen LogP contribution in [0.3, 0.4) is 0 Å². The summed E-state index contributed by atoms with van der Waals surface area (Å²) in [6, 6.07) is 74.3.